The van der Waals surface area contributed by atoms with Crippen LogP contribution in [0.4, 0.5) is 0 Å². The van der Waals surface area contributed by atoms with Crippen LogP contribution in [0.3, 0.4) is 0 Å². The third-order valence-electron chi connectivity index (χ3n) is 2.51. The number of aliphatic hydroxyl groups is 1. The van der Waals surface area contributed by atoms with Gasteiger partial charge in [0.25, 0.3) is 0 Å². The SMILES string of the molecule is CC(O)(CNC(=O)CCOc1ccccc1Br)C(=O)O. The first-order valence-electron chi connectivity index (χ1n) is 5.93. The van der Waals surface area contributed by atoms with E-state index in [2.05, 4.69) is 21.2 Å². The summed E-state index contributed by atoms with van der Waals surface area (Å²) >= 11 is 3.31. The molecule has 7 heteroatoms. The third-order valence-corrected chi connectivity index (χ3v) is 3.17. The Labute approximate surface area is 124 Å². The maximum Gasteiger partial charge on any atom is 0.337 e. The van der Waals surface area contributed by atoms with E-state index in [0.717, 1.165) is 11.4 Å². The molecule has 0 aromatic heterocycles. The van der Waals surface area contributed by atoms with Crippen molar-refractivity contribution in [2.45, 2.75) is 18.9 Å². The molecule has 0 saturated carbocycles. The average molecular weight is 346 g/mol. The van der Waals surface area contributed by atoms with E-state index in [1.807, 2.05) is 18.2 Å². The van der Waals surface area contributed by atoms with Gasteiger partial charge in [-0.05, 0) is 35.0 Å². The van der Waals surface area contributed by atoms with Gasteiger partial charge in [-0.2, -0.15) is 0 Å². The van der Waals surface area contributed by atoms with Crippen molar-refractivity contribution in [1.29, 1.82) is 0 Å². The Balaban J connectivity index is 2.31. The van der Waals surface area contributed by atoms with Crippen LogP contribution in [-0.4, -0.2) is 40.8 Å². The van der Waals surface area contributed by atoms with Crippen LogP contribution in [0.15, 0.2) is 28.7 Å². The molecule has 0 aliphatic heterocycles. The Morgan fingerprint density at radius 3 is 2.65 bits per heavy atom. The molecule has 1 unspecified atom stereocenters. The van der Waals surface area contributed by atoms with Crippen molar-refractivity contribution in [3.8, 4) is 5.75 Å². The van der Waals surface area contributed by atoms with E-state index >= 15 is 0 Å². The summed E-state index contributed by atoms with van der Waals surface area (Å²) in [7, 11) is 0. The molecule has 1 aromatic rings. The lowest BCUT2D eigenvalue weighted by Gasteiger charge is -2.18. The molecule has 0 bridgehead atoms. The van der Waals surface area contributed by atoms with E-state index in [9.17, 15) is 14.7 Å². The van der Waals surface area contributed by atoms with Crippen LogP contribution in [0.25, 0.3) is 0 Å². The maximum atomic E-state index is 11.5. The lowest BCUT2D eigenvalue weighted by atomic mass is 10.1. The van der Waals surface area contributed by atoms with E-state index in [1.165, 1.54) is 0 Å². The fourth-order valence-electron chi connectivity index (χ4n) is 1.25. The van der Waals surface area contributed by atoms with Gasteiger partial charge in [-0.3, -0.25) is 4.79 Å². The number of carboxylic acids is 1. The Hall–Kier alpha value is -1.60. The number of hydrogen-bond donors (Lipinski definition) is 3. The number of rotatable bonds is 7. The molecule has 0 saturated heterocycles. The summed E-state index contributed by atoms with van der Waals surface area (Å²) in [4.78, 5) is 22.1. The van der Waals surface area contributed by atoms with Gasteiger partial charge in [-0.1, -0.05) is 12.1 Å². The van der Waals surface area contributed by atoms with Gasteiger partial charge in [0.1, 0.15) is 5.75 Å². The first-order valence-corrected chi connectivity index (χ1v) is 6.72. The van der Waals surface area contributed by atoms with E-state index in [4.69, 9.17) is 9.84 Å². The van der Waals surface area contributed by atoms with E-state index in [-0.39, 0.29) is 19.6 Å². The second-order valence-electron chi connectivity index (χ2n) is 4.38. The van der Waals surface area contributed by atoms with Crippen molar-refractivity contribution >= 4 is 27.8 Å². The highest BCUT2D eigenvalue weighted by Crippen LogP contribution is 2.23. The van der Waals surface area contributed by atoms with Crippen LogP contribution in [0, 0.1) is 0 Å². The van der Waals surface area contributed by atoms with Gasteiger partial charge in [-0.25, -0.2) is 4.79 Å². The van der Waals surface area contributed by atoms with Crippen molar-refractivity contribution < 1.29 is 24.5 Å². The quantitative estimate of drug-likeness (QED) is 0.689. The number of amides is 1. The summed E-state index contributed by atoms with van der Waals surface area (Å²) in [5.41, 5.74) is -1.97. The van der Waals surface area contributed by atoms with Crippen LogP contribution < -0.4 is 10.1 Å². The smallest absolute Gasteiger partial charge is 0.337 e. The van der Waals surface area contributed by atoms with Crippen LogP contribution in [0.2, 0.25) is 0 Å². The molecule has 20 heavy (non-hydrogen) atoms. The fraction of sp³-hybridized carbons (Fsp3) is 0.385. The van der Waals surface area contributed by atoms with Crippen molar-refractivity contribution in [3.05, 3.63) is 28.7 Å². The molecule has 1 rings (SSSR count). The zero-order valence-corrected chi connectivity index (χ0v) is 12.5. The molecule has 0 heterocycles. The molecule has 3 N–H and O–H groups in total. The molecule has 1 atom stereocenters. The van der Waals surface area contributed by atoms with Gasteiger partial charge in [0.05, 0.1) is 24.0 Å². The summed E-state index contributed by atoms with van der Waals surface area (Å²) < 4.78 is 6.19. The van der Waals surface area contributed by atoms with Crippen molar-refractivity contribution in [3.63, 3.8) is 0 Å². The second-order valence-corrected chi connectivity index (χ2v) is 5.24. The number of carbonyl (C=O) groups excluding carboxylic acids is 1. The summed E-state index contributed by atoms with van der Waals surface area (Å²) in [6, 6.07) is 7.23. The van der Waals surface area contributed by atoms with Crippen LogP contribution >= 0.6 is 15.9 Å². The number of carboxylic acid groups (broad SMARTS) is 1. The molecule has 1 aromatic carbocycles. The van der Waals surface area contributed by atoms with Crippen LogP contribution in [0.5, 0.6) is 5.75 Å². The molecule has 0 fully saturated rings. The zero-order valence-electron chi connectivity index (χ0n) is 10.9. The lowest BCUT2D eigenvalue weighted by molar-refractivity contribution is -0.156. The van der Waals surface area contributed by atoms with Gasteiger partial charge < -0.3 is 20.3 Å². The van der Waals surface area contributed by atoms with E-state index in [1.54, 1.807) is 6.07 Å². The van der Waals surface area contributed by atoms with Crippen molar-refractivity contribution in [2.24, 2.45) is 0 Å². The Morgan fingerprint density at radius 1 is 1.40 bits per heavy atom. The highest BCUT2D eigenvalue weighted by atomic mass is 79.9. The molecule has 0 spiro atoms. The van der Waals surface area contributed by atoms with Gasteiger partial charge in [0, 0.05) is 0 Å². The molecule has 0 aliphatic carbocycles. The van der Waals surface area contributed by atoms with Gasteiger partial charge in [0.15, 0.2) is 5.60 Å². The van der Waals surface area contributed by atoms with Crippen LogP contribution in [0.1, 0.15) is 13.3 Å². The van der Waals surface area contributed by atoms with Crippen molar-refractivity contribution in [1.82, 2.24) is 5.32 Å². The van der Waals surface area contributed by atoms with E-state index < -0.39 is 17.5 Å². The topological polar surface area (TPSA) is 95.9 Å². The summed E-state index contributed by atoms with van der Waals surface area (Å²) in [6.07, 6.45) is 0.0665. The fourth-order valence-corrected chi connectivity index (χ4v) is 1.65. The van der Waals surface area contributed by atoms with Gasteiger partial charge >= 0.3 is 5.97 Å². The highest BCUT2D eigenvalue weighted by molar-refractivity contribution is 9.10. The number of carbonyl (C=O) groups is 2. The van der Waals surface area contributed by atoms with Gasteiger partial charge in [-0.15, -0.1) is 0 Å². The Morgan fingerprint density at radius 2 is 2.05 bits per heavy atom. The summed E-state index contributed by atoms with van der Waals surface area (Å²) in [5.74, 6) is -1.15. The lowest BCUT2D eigenvalue weighted by Crippen LogP contribution is -2.46. The molecule has 110 valence electrons. The minimum Gasteiger partial charge on any atom is -0.492 e. The molecule has 6 nitrogen and oxygen atoms in total. The molecule has 0 radical (unpaired) electrons. The number of para-hydroxylation sites is 1. The number of benzene rings is 1. The number of aliphatic carboxylic acids is 1. The molecular weight excluding hydrogens is 330 g/mol. The van der Waals surface area contributed by atoms with Crippen molar-refractivity contribution in [2.75, 3.05) is 13.2 Å². The Bertz CT molecular complexity index is 489. The zero-order chi connectivity index (χ0) is 15.2. The standard InChI is InChI=1S/C13H16BrNO5/c1-13(19,12(17)18)8-15-11(16)6-7-20-10-5-3-2-4-9(10)14/h2-5,19H,6-8H2,1H3,(H,15,16)(H,17,18). The molecule has 0 aliphatic rings. The first kappa shape index (κ1) is 16.5. The number of ether oxygens (including phenoxy) is 1. The molecular formula is C13H16BrNO5. The summed E-state index contributed by atoms with van der Waals surface area (Å²) in [5, 5.41) is 20.5. The van der Waals surface area contributed by atoms with E-state index in [0.29, 0.717) is 5.75 Å². The number of halogens is 1. The minimum atomic E-state index is -1.97. The number of hydrogen-bond acceptors (Lipinski definition) is 4. The van der Waals surface area contributed by atoms with Gasteiger partial charge in [0.2, 0.25) is 5.91 Å². The highest BCUT2D eigenvalue weighted by Gasteiger charge is 2.30. The average Bonchev–Trinajstić information content (AvgIpc) is 2.38. The molecule has 1 amide bonds. The minimum absolute atomic E-state index is 0.0665. The number of nitrogens with one attached hydrogen (secondary N) is 1. The third kappa shape index (κ3) is 5.18. The monoisotopic (exact) mass is 345 g/mol. The predicted octanol–water partition coefficient (Wildman–Crippen LogP) is 1.17. The summed E-state index contributed by atoms with van der Waals surface area (Å²) in [6.45, 7) is 0.924. The van der Waals surface area contributed by atoms with Crippen LogP contribution in [-0.2, 0) is 9.59 Å². The Kier molecular flexibility index (Phi) is 5.97. The predicted molar refractivity (Wildman–Crippen MR) is 75.5 cm³/mol. The first-order chi connectivity index (χ1) is 9.33. The maximum absolute atomic E-state index is 11.5. The second kappa shape index (κ2) is 7.25. The largest absolute Gasteiger partial charge is 0.492 e. The normalized spacial score (nSPS) is 13.3.